The van der Waals surface area contributed by atoms with Crippen LogP contribution in [-0.2, 0) is 31.4 Å². The van der Waals surface area contributed by atoms with Crippen LogP contribution in [0.2, 0.25) is 5.02 Å². The monoisotopic (exact) mass is 833 g/mol. The number of hydrogen-bond acceptors (Lipinski definition) is 10. The molecule has 8 rings (SSSR count). The number of halogens is 4. The van der Waals surface area contributed by atoms with E-state index in [0.29, 0.717) is 64.2 Å². The predicted molar refractivity (Wildman–Crippen MR) is 216 cm³/mol. The number of amides is 2. The second-order valence-corrected chi connectivity index (χ2v) is 15.8. The van der Waals surface area contributed by atoms with E-state index >= 15 is 0 Å². The molecule has 14 nitrogen and oxygen atoms in total. The Balaban J connectivity index is 1.10. The lowest BCUT2D eigenvalue weighted by molar-refractivity contribution is -0.144. The lowest BCUT2D eigenvalue weighted by Gasteiger charge is -2.40. The summed E-state index contributed by atoms with van der Waals surface area (Å²) >= 11 is 7.22. The van der Waals surface area contributed by atoms with Crippen LogP contribution in [0.1, 0.15) is 47.8 Å². The molecule has 18 heteroatoms. The zero-order chi connectivity index (χ0) is 42.0. The van der Waals surface area contributed by atoms with Gasteiger partial charge in [0.25, 0.3) is 5.56 Å². The second-order valence-electron chi connectivity index (χ2n) is 15.4. The lowest BCUT2D eigenvalue weighted by atomic mass is 9.92. The summed E-state index contributed by atoms with van der Waals surface area (Å²) in [5.41, 5.74) is 3.31. The maximum absolute atomic E-state index is 14.0. The number of hydrogen-bond donors (Lipinski definition) is 2. The van der Waals surface area contributed by atoms with Crippen molar-refractivity contribution in [2.24, 2.45) is 14.1 Å². The third kappa shape index (κ3) is 7.08. The summed E-state index contributed by atoms with van der Waals surface area (Å²) in [5, 5.41) is 6.37. The number of carbonyl (C=O) groups excluding carboxylic acids is 1. The fourth-order valence-corrected chi connectivity index (χ4v) is 9.08. The average molecular weight is 834 g/mol. The molecule has 2 N–H and O–H groups in total. The number of benzene rings is 2. The number of likely N-dealkylation sites (tertiary alicyclic amines) is 1. The highest BCUT2D eigenvalue weighted by Crippen LogP contribution is 2.47. The summed E-state index contributed by atoms with van der Waals surface area (Å²) in [6.45, 7) is 5.09. The molecule has 3 aliphatic rings. The van der Waals surface area contributed by atoms with E-state index in [1.165, 1.54) is 14.1 Å². The number of fused-ring (bicyclic) bond motifs is 2. The van der Waals surface area contributed by atoms with Crippen LogP contribution >= 0.6 is 11.6 Å². The van der Waals surface area contributed by atoms with Crippen molar-refractivity contribution in [3.8, 4) is 28.3 Å². The number of anilines is 2. The number of alkyl halides is 3. The summed E-state index contributed by atoms with van der Waals surface area (Å²) in [6.07, 6.45) is -1.55. The molecule has 1 spiro atoms. The molecular weight excluding hydrogens is 791 g/mol. The first kappa shape index (κ1) is 40.3. The van der Waals surface area contributed by atoms with E-state index in [0.717, 1.165) is 59.0 Å². The number of aryl methyl sites for hydroxylation is 2. The van der Waals surface area contributed by atoms with Gasteiger partial charge in [-0.2, -0.15) is 13.2 Å². The molecule has 5 aromatic rings. The molecule has 2 unspecified atom stereocenters. The van der Waals surface area contributed by atoms with E-state index in [9.17, 15) is 27.6 Å². The SMILES string of the molecule is COCCN1CCC2(CCN(C3CCc4cc(-c5cccc(-c6cccc(Nc7nc(C(F)(F)F)nc8c7c(=O)n(C)c(=O)n8C)c6C)c5Cl)nc(OC)c43)C2)NC1=O. The van der Waals surface area contributed by atoms with E-state index in [-0.39, 0.29) is 23.0 Å². The molecule has 3 aromatic heterocycles. The minimum Gasteiger partial charge on any atom is -0.481 e. The van der Waals surface area contributed by atoms with E-state index in [4.69, 9.17) is 26.1 Å². The number of nitrogens with one attached hydrogen (secondary N) is 2. The van der Waals surface area contributed by atoms with Crippen molar-refractivity contribution >= 4 is 40.2 Å². The van der Waals surface area contributed by atoms with Crippen molar-refractivity contribution in [2.45, 2.75) is 50.4 Å². The Kier molecular flexibility index (Phi) is 10.4. The van der Waals surface area contributed by atoms with Gasteiger partial charge >= 0.3 is 17.9 Å². The zero-order valence-corrected chi connectivity index (χ0v) is 33.9. The third-order valence-electron chi connectivity index (χ3n) is 11.9. The Morgan fingerprint density at radius 1 is 0.983 bits per heavy atom. The zero-order valence-electron chi connectivity index (χ0n) is 33.2. The largest absolute Gasteiger partial charge is 0.481 e. The molecule has 310 valence electrons. The van der Waals surface area contributed by atoms with Gasteiger partial charge in [-0.1, -0.05) is 41.9 Å². The van der Waals surface area contributed by atoms with Gasteiger partial charge in [-0.15, -0.1) is 0 Å². The van der Waals surface area contributed by atoms with Crippen molar-refractivity contribution in [2.75, 3.05) is 52.3 Å². The van der Waals surface area contributed by atoms with Gasteiger partial charge in [0.1, 0.15) is 11.2 Å². The van der Waals surface area contributed by atoms with Crippen LogP contribution in [0.3, 0.4) is 0 Å². The summed E-state index contributed by atoms with van der Waals surface area (Å²) in [6, 6.07) is 12.9. The van der Waals surface area contributed by atoms with Crippen molar-refractivity contribution < 1.29 is 27.4 Å². The van der Waals surface area contributed by atoms with Crippen LogP contribution in [0.25, 0.3) is 33.4 Å². The van der Waals surface area contributed by atoms with Gasteiger partial charge < -0.3 is 25.0 Å². The molecule has 2 atom stereocenters. The van der Waals surface area contributed by atoms with Crippen LogP contribution in [0.5, 0.6) is 5.88 Å². The smallest absolute Gasteiger partial charge is 0.451 e. The minimum absolute atomic E-state index is 0.0525. The highest BCUT2D eigenvalue weighted by Gasteiger charge is 2.47. The maximum Gasteiger partial charge on any atom is 0.451 e. The number of rotatable bonds is 9. The summed E-state index contributed by atoms with van der Waals surface area (Å²) in [7, 11) is 5.71. The van der Waals surface area contributed by atoms with Gasteiger partial charge in [-0.05, 0) is 61.4 Å². The van der Waals surface area contributed by atoms with E-state index in [1.807, 2.05) is 24.3 Å². The predicted octanol–water partition coefficient (Wildman–Crippen LogP) is 5.98. The van der Waals surface area contributed by atoms with E-state index in [1.54, 1.807) is 38.2 Å². The van der Waals surface area contributed by atoms with E-state index < -0.39 is 34.7 Å². The Hall–Kier alpha value is -5.52. The number of pyridine rings is 1. The molecule has 2 amide bonds. The Morgan fingerprint density at radius 3 is 2.44 bits per heavy atom. The fourth-order valence-electron chi connectivity index (χ4n) is 8.76. The molecule has 2 aliphatic heterocycles. The molecule has 2 saturated heterocycles. The first-order valence-electron chi connectivity index (χ1n) is 19.2. The molecule has 2 fully saturated rings. The van der Waals surface area contributed by atoms with Gasteiger partial charge in [-0.3, -0.25) is 18.8 Å². The highest BCUT2D eigenvalue weighted by atomic mass is 35.5. The average Bonchev–Trinajstić information content (AvgIpc) is 3.83. The molecule has 59 heavy (non-hydrogen) atoms. The second kappa shape index (κ2) is 15.3. The number of nitrogens with zero attached hydrogens (tertiary/aromatic N) is 7. The van der Waals surface area contributed by atoms with Gasteiger partial charge in [0.05, 0.1) is 30.0 Å². The van der Waals surface area contributed by atoms with Gasteiger partial charge in [0, 0.05) is 75.8 Å². The van der Waals surface area contributed by atoms with Crippen LogP contribution in [0.15, 0.2) is 52.1 Å². The number of methoxy groups -OCH3 is 2. The van der Waals surface area contributed by atoms with Gasteiger partial charge in [0.2, 0.25) is 11.7 Å². The number of aromatic nitrogens is 5. The number of urea groups is 1. The van der Waals surface area contributed by atoms with Gasteiger partial charge in [0.15, 0.2) is 5.65 Å². The van der Waals surface area contributed by atoms with Crippen LogP contribution in [-0.4, -0.2) is 92.5 Å². The highest BCUT2D eigenvalue weighted by molar-refractivity contribution is 6.36. The standard InChI is InChI=1S/C41H43ClF3N9O5/c1-22-24(8-7-11-27(22)46-33-31-34(49-37(48-33)41(43,44)45)51(2)39(57)52(3)36(31)55)25-9-6-10-26(32(25)42)28-20-23-12-13-29(30(23)35(47-28)59-5)54-17-15-40(21-54)14-16-53(18-19-58-4)38(56)50-40/h6-11,20,29H,12-19,21H2,1-5H3,(H,50,56)(H,46,48,49). The van der Waals surface area contributed by atoms with E-state index in [2.05, 4.69) is 31.6 Å². The van der Waals surface area contributed by atoms with Crippen LogP contribution < -0.4 is 26.6 Å². The Bertz CT molecular complexity index is 2630. The van der Waals surface area contributed by atoms with Crippen LogP contribution in [0, 0.1) is 6.92 Å². The first-order chi connectivity index (χ1) is 28.1. The summed E-state index contributed by atoms with van der Waals surface area (Å²) < 4.78 is 54.8. The normalized spacial score (nSPS) is 19.4. The molecule has 1 aliphatic carbocycles. The molecular formula is C41H43ClF3N9O5. The van der Waals surface area contributed by atoms with Crippen molar-refractivity contribution in [3.05, 3.63) is 90.8 Å². The summed E-state index contributed by atoms with van der Waals surface area (Å²) in [5.74, 6) is -1.39. The lowest BCUT2D eigenvalue weighted by Crippen LogP contribution is -2.61. The molecule has 5 heterocycles. The molecule has 0 bridgehead atoms. The molecule has 0 saturated carbocycles. The fraction of sp³-hybridized carbons (Fsp3) is 0.415. The number of ether oxygens (including phenoxy) is 2. The topological polar surface area (TPSA) is 149 Å². The third-order valence-corrected chi connectivity index (χ3v) is 12.3. The Labute approximate surface area is 341 Å². The summed E-state index contributed by atoms with van der Waals surface area (Å²) in [4.78, 5) is 55.4. The maximum atomic E-state index is 14.0. The minimum atomic E-state index is -4.96. The van der Waals surface area contributed by atoms with Crippen molar-refractivity contribution in [1.29, 1.82) is 0 Å². The van der Waals surface area contributed by atoms with Gasteiger partial charge in [-0.25, -0.2) is 24.5 Å². The van der Waals surface area contributed by atoms with Crippen molar-refractivity contribution in [3.63, 3.8) is 0 Å². The number of carbonyl (C=O) groups is 1. The Morgan fingerprint density at radius 2 is 1.71 bits per heavy atom. The van der Waals surface area contributed by atoms with Crippen LogP contribution in [0.4, 0.5) is 29.5 Å². The van der Waals surface area contributed by atoms with Crippen molar-refractivity contribution in [1.82, 2.24) is 39.2 Å². The quantitative estimate of drug-likeness (QED) is 0.182. The molecule has 0 radical (unpaired) electrons. The molecule has 2 aromatic carbocycles. The first-order valence-corrected chi connectivity index (χ1v) is 19.6.